The molecule has 1 rings (SSSR count). The van der Waals surface area contributed by atoms with Crippen LogP contribution in [0.15, 0.2) is 24.8 Å². The summed E-state index contributed by atoms with van der Waals surface area (Å²) in [4.78, 5) is 11.8. The number of carbonyl (C=O) groups is 1. The van der Waals surface area contributed by atoms with Crippen LogP contribution < -0.4 is 20.5 Å². The van der Waals surface area contributed by atoms with Crippen LogP contribution in [0.5, 0.6) is 11.5 Å². The van der Waals surface area contributed by atoms with Gasteiger partial charge in [0.15, 0.2) is 0 Å². The van der Waals surface area contributed by atoms with E-state index >= 15 is 0 Å². The van der Waals surface area contributed by atoms with E-state index in [1.807, 2.05) is 0 Å². The molecule has 5 nitrogen and oxygen atoms in total. The van der Waals surface area contributed by atoms with E-state index in [-0.39, 0.29) is 5.91 Å². The molecule has 1 amide bonds. The third-order valence-electron chi connectivity index (χ3n) is 2.49. The van der Waals surface area contributed by atoms with Crippen LogP contribution in [-0.4, -0.2) is 26.2 Å². The average molecular weight is 285 g/mol. The van der Waals surface area contributed by atoms with Gasteiger partial charge < -0.3 is 20.5 Å². The van der Waals surface area contributed by atoms with Crippen molar-refractivity contribution in [2.45, 2.75) is 12.5 Å². The predicted molar refractivity (Wildman–Crippen MR) is 76.0 cm³/mol. The third-order valence-corrected chi connectivity index (χ3v) is 2.78. The summed E-state index contributed by atoms with van der Waals surface area (Å²) in [7, 11) is 2.97. The first-order valence-electron chi connectivity index (χ1n) is 5.62. The average Bonchev–Trinajstić information content (AvgIpc) is 2.40. The smallest absolute Gasteiger partial charge is 0.241 e. The molecule has 1 aromatic rings. The standard InChI is InChI=1S/C13H17ClN2O3/c1-4-5-9(15)13(17)16-10-7-11(18-2)8(14)6-12(10)19-3/h4,6-7,9H,1,5,15H2,2-3H3,(H,16,17). The van der Waals surface area contributed by atoms with E-state index in [4.69, 9.17) is 26.8 Å². The largest absolute Gasteiger partial charge is 0.495 e. The fourth-order valence-corrected chi connectivity index (χ4v) is 1.70. The number of carbonyl (C=O) groups excluding carboxylic acids is 1. The minimum Gasteiger partial charge on any atom is -0.495 e. The lowest BCUT2D eigenvalue weighted by molar-refractivity contribution is -0.117. The van der Waals surface area contributed by atoms with Crippen LogP contribution in [0.4, 0.5) is 5.69 Å². The molecule has 1 atom stereocenters. The second-order valence-electron chi connectivity index (χ2n) is 3.81. The number of ether oxygens (including phenoxy) is 2. The van der Waals surface area contributed by atoms with Crippen molar-refractivity contribution in [2.24, 2.45) is 5.73 Å². The second-order valence-corrected chi connectivity index (χ2v) is 4.21. The number of hydrogen-bond donors (Lipinski definition) is 2. The molecule has 1 aromatic carbocycles. The summed E-state index contributed by atoms with van der Waals surface area (Å²) in [5, 5.41) is 3.07. The SMILES string of the molecule is C=CCC(N)C(=O)Nc1cc(OC)c(Cl)cc1OC. The normalized spacial score (nSPS) is 11.6. The summed E-state index contributed by atoms with van der Waals surface area (Å²) in [6.07, 6.45) is 1.97. The van der Waals surface area contributed by atoms with E-state index in [0.717, 1.165) is 0 Å². The Kier molecular flexibility index (Phi) is 5.66. The Balaban J connectivity index is 2.99. The Morgan fingerprint density at radius 3 is 2.63 bits per heavy atom. The van der Waals surface area contributed by atoms with Crippen LogP contribution in [-0.2, 0) is 4.79 Å². The van der Waals surface area contributed by atoms with Crippen molar-refractivity contribution in [1.29, 1.82) is 0 Å². The molecule has 0 spiro atoms. The van der Waals surface area contributed by atoms with Crippen molar-refractivity contribution in [3.63, 3.8) is 0 Å². The van der Waals surface area contributed by atoms with Gasteiger partial charge in [0.2, 0.25) is 5.91 Å². The van der Waals surface area contributed by atoms with Gasteiger partial charge in [0.1, 0.15) is 11.5 Å². The van der Waals surface area contributed by atoms with Gasteiger partial charge in [-0.05, 0) is 6.42 Å². The van der Waals surface area contributed by atoms with Crippen molar-refractivity contribution in [3.05, 3.63) is 29.8 Å². The summed E-state index contributed by atoms with van der Waals surface area (Å²) in [5.74, 6) is 0.544. The maximum atomic E-state index is 11.8. The minimum atomic E-state index is -0.663. The van der Waals surface area contributed by atoms with Crippen LogP contribution in [0.2, 0.25) is 5.02 Å². The number of methoxy groups -OCH3 is 2. The van der Waals surface area contributed by atoms with Crippen LogP contribution in [0.1, 0.15) is 6.42 Å². The van der Waals surface area contributed by atoms with Gasteiger partial charge >= 0.3 is 0 Å². The highest BCUT2D eigenvalue weighted by Gasteiger charge is 2.16. The van der Waals surface area contributed by atoms with Gasteiger partial charge in [-0.15, -0.1) is 6.58 Å². The number of hydrogen-bond acceptors (Lipinski definition) is 4. The van der Waals surface area contributed by atoms with Crippen LogP contribution in [0.3, 0.4) is 0 Å². The Hall–Kier alpha value is -1.72. The zero-order chi connectivity index (χ0) is 14.4. The molecule has 0 aromatic heterocycles. The molecule has 0 fully saturated rings. The maximum absolute atomic E-state index is 11.8. The second kappa shape index (κ2) is 7.01. The molecule has 6 heteroatoms. The van der Waals surface area contributed by atoms with E-state index in [9.17, 15) is 4.79 Å². The topological polar surface area (TPSA) is 73.6 Å². The molecule has 0 bridgehead atoms. The molecule has 0 aliphatic heterocycles. The van der Waals surface area contributed by atoms with Crippen molar-refractivity contribution in [3.8, 4) is 11.5 Å². The number of nitrogens with one attached hydrogen (secondary N) is 1. The van der Waals surface area contributed by atoms with Gasteiger partial charge in [0.05, 0.1) is 31.0 Å². The molecule has 0 aliphatic rings. The molecular weight excluding hydrogens is 268 g/mol. The zero-order valence-corrected chi connectivity index (χ0v) is 11.7. The van der Waals surface area contributed by atoms with Crippen molar-refractivity contribution >= 4 is 23.2 Å². The summed E-state index contributed by atoms with van der Waals surface area (Å²) < 4.78 is 10.2. The van der Waals surface area contributed by atoms with E-state index in [1.54, 1.807) is 18.2 Å². The maximum Gasteiger partial charge on any atom is 0.241 e. The highest BCUT2D eigenvalue weighted by atomic mass is 35.5. The van der Waals surface area contributed by atoms with Gasteiger partial charge in [-0.2, -0.15) is 0 Å². The van der Waals surface area contributed by atoms with E-state index < -0.39 is 6.04 Å². The number of nitrogens with two attached hydrogens (primary N) is 1. The Labute approximate surface area is 117 Å². The molecule has 0 saturated heterocycles. The summed E-state index contributed by atoms with van der Waals surface area (Å²) >= 11 is 5.97. The van der Waals surface area contributed by atoms with Crippen LogP contribution in [0.25, 0.3) is 0 Å². The summed E-state index contributed by atoms with van der Waals surface area (Å²) in [6, 6.07) is 2.48. The lowest BCUT2D eigenvalue weighted by Crippen LogP contribution is -2.35. The zero-order valence-electron chi connectivity index (χ0n) is 10.9. The summed E-state index contributed by atoms with van der Waals surface area (Å²) in [6.45, 7) is 3.54. The third kappa shape index (κ3) is 3.87. The van der Waals surface area contributed by atoms with Gasteiger partial charge in [0, 0.05) is 12.1 Å². The van der Waals surface area contributed by atoms with E-state index in [2.05, 4.69) is 11.9 Å². The minimum absolute atomic E-state index is 0.331. The van der Waals surface area contributed by atoms with Gasteiger partial charge in [-0.1, -0.05) is 17.7 Å². The molecule has 0 radical (unpaired) electrons. The quantitative estimate of drug-likeness (QED) is 0.786. The fraction of sp³-hybridized carbons (Fsp3) is 0.308. The number of rotatable bonds is 6. The molecule has 0 heterocycles. The number of anilines is 1. The first-order valence-corrected chi connectivity index (χ1v) is 6.00. The number of benzene rings is 1. The molecule has 0 aliphatic carbocycles. The first-order chi connectivity index (χ1) is 9.03. The van der Waals surface area contributed by atoms with Crippen molar-refractivity contribution in [1.82, 2.24) is 0 Å². The Morgan fingerprint density at radius 1 is 1.47 bits per heavy atom. The van der Waals surface area contributed by atoms with Gasteiger partial charge in [-0.3, -0.25) is 4.79 Å². The van der Waals surface area contributed by atoms with Gasteiger partial charge in [0.25, 0.3) is 0 Å². The molecule has 104 valence electrons. The number of halogens is 1. The van der Waals surface area contributed by atoms with Crippen LogP contribution >= 0.6 is 11.6 Å². The monoisotopic (exact) mass is 284 g/mol. The number of amides is 1. The van der Waals surface area contributed by atoms with E-state index in [1.165, 1.54) is 14.2 Å². The fourth-order valence-electron chi connectivity index (χ4n) is 1.47. The lowest BCUT2D eigenvalue weighted by Gasteiger charge is -2.15. The summed E-state index contributed by atoms with van der Waals surface area (Å²) in [5.41, 5.74) is 6.14. The Morgan fingerprint density at radius 2 is 2.11 bits per heavy atom. The molecular formula is C13H17ClN2O3. The van der Waals surface area contributed by atoms with Crippen molar-refractivity contribution < 1.29 is 14.3 Å². The van der Waals surface area contributed by atoms with Crippen LogP contribution in [0, 0.1) is 0 Å². The Bertz CT molecular complexity index is 477. The molecule has 0 saturated carbocycles. The highest BCUT2D eigenvalue weighted by Crippen LogP contribution is 2.35. The first kappa shape index (κ1) is 15.3. The van der Waals surface area contributed by atoms with E-state index in [0.29, 0.717) is 28.6 Å². The van der Waals surface area contributed by atoms with Crippen molar-refractivity contribution in [2.75, 3.05) is 19.5 Å². The molecule has 1 unspecified atom stereocenters. The van der Waals surface area contributed by atoms with Gasteiger partial charge in [-0.25, -0.2) is 0 Å². The predicted octanol–water partition coefficient (Wildman–Crippen LogP) is 2.20. The lowest BCUT2D eigenvalue weighted by atomic mass is 10.2. The molecule has 3 N–H and O–H groups in total. The highest BCUT2D eigenvalue weighted by molar-refractivity contribution is 6.32. The molecule has 19 heavy (non-hydrogen) atoms.